The highest BCUT2D eigenvalue weighted by Gasteiger charge is 2.45. The molecule has 2 heterocycles. The van der Waals surface area contributed by atoms with Gasteiger partial charge in [0, 0.05) is 17.2 Å². The van der Waals surface area contributed by atoms with Gasteiger partial charge in [-0.15, -0.1) is 0 Å². The van der Waals surface area contributed by atoms with Crippen molar-refractivity contribution >= 4 is 5.91 Å². The molecule has 0 spiro atoms. The molecule has 31 heavy (non-hydrogen) atoms. The van der Waals surface area contributed by atoms with Crippen molar-refractivity contribution in [3.8, 4) is 17.0 Å². The van der Waals surface area contributed by atoms with Gasteiger partial charge in [0.2, 0.25) is 0 Å². The van der Waals surface area contributed by atoms with Gasteiger partial charge in [0.1, 0.15) is 11.4 Å². The first-order valence-electron chi connectivity index (χ1n) is 11.4. The lowest BCUT2D eigenvalue weighted by Gasteiger charge is -2.32. The summed E-state index contributed by atoms with van der Waals surface area (Å²) in [6.07, 6.45) is 5.48. The van der Waals surface area contributed by atoms with Crippen LogP contribution >= 0.6 is 0 Å². The van der Waals surface area contributed by atoms with Crippen molar-refractivity contribution in [1.82, 2.24) is 15.1 Å². The number of ether oxygens (including phenoxy) is 1. The van der Waals surface area contributed by atoms with Crippen molar-refractivity contribution in [2.75, 3.05) is 6.61 Å². The molecule has 1 atom stereocenters. The monoisotopic (exact) mass is 415 g/mol. The number of carbonyl (C=O) groups excluding carboxylic acids is 1. The number of rotatable bonds is 6. The van der Waals surface area contributed by atoms with E-state index in [1.807, 2.05) is 12.1 Å². The molecule has 1 amide bonds. The van der Waals surface area contributed by atoms with Gasteiger partial charge in [-0.05, 0) is 43.9 Å². The normalized spacial score (nSPS) is 18.6. The van der Waals surface area contributed by atoms with E-state index >= 15 is 0 Å². The van der Waals surface area contributed by atoms with Gasteiger partial charge < -0.3 is 9.64 Å². The van der Waals surface area contributed by atoms with Crippen molar-refractivity contribution in [3.63, 3.8) is 0 Å². The van der Waals surface area contributed by atoms with Gasteiger partial charge in [0.05, 0.1) is 18.3 Å². The third-order valence-electron chi connectivity index (χ3n) is 6.52. The number of nitrogens with zero attached hydrogens (tertiary/aromatic N) is 2. The molecular formula is C26H29N3O2. The number of aromatic nitrogens is 2. The second-order valence-corrected chi connectivity index (χ2v) is 8.70. The summed E-state index contributed by atoms with van der Waals surface area (Å²) in [4.78, 5) is 15.6. The van der Waals surface area contributed by atoms with Crippen molar-refractivity contribution in [3.05, 3.63) is 70.9 Å². The van der Waals surface area contributed by atoms with E-state index in [0.717, 1.165) is 47.4 Å². The number of aromatic amines is 1. The van der Waals surface area contributed by atoms with Crippen LogP contribution in [0.3, 0.4) is 0 Å². The van der Waals surface area contributed by atoms with Crippen LogP contribution in [-0.4, -0.2) is 33.7 Å². The summed E-state index contributed by atoms with van der Waals surface area (Å²) in [6.45, 7) is 4.89. The maximum absolute atomic E-state index is 13.5. The summed E-state index contributed by atoms with van der Waals surface area (Å²) in [6, 6.07) is 16.8. The zero-order chi connectivity index (χ0) is 21.4. The van der Waals surface area contributed by atoms with Crippen LogP contribution in [-0.2, 0) is 0 Å². The predicted octanol–water partition coefficient (Wildman–Crippen LogP) is 5.66. The standard InChI is InChI=1S/C26H29N3O2/c1-3-16-31-21-14-12-19(13-15-21)25-22-23(18-10-8-17(2)9-11-18)27-28-24(22)26(30)29(25)20-6-4-5-7-20/h8-15,20,25H,3-7,16H2,1-2H3,(H,27,28). The maximum atomic E-state index is 13.5. The van der Waals surface area contributed by atoms with Crippen LogP contribution in [0.2, 0.25) is 0 Å². The number of nitrogens with one attached hydrogen (secondary N) is 1. The van der Waals surface area contributed by atoms with E-state index in [9.17, 15) is 4.79 Å². The number of carbonyl (C=O) groups is 1. The van der Waals surface area contributed by atoms with E-state index in [1.54, 1.807) is 0 Å². The zero-order valence-corrected chi connectivity index (χ0v) is 18.2. The van der Waals surface area contributed by atoms with Crippen LogP contribution in [0.25, 0.3) is 11.3 Å². The zero-order valence-electron chi connectivity index (χ0n) is 18.2. The Morgan fingerprint density at radius 1 is 1.06 bits per heavy atom. The van der Waals surface area contributed by atoms with Crippen LogP contribution in [0, 0.1) is 6.92 Å². The number of fused-ring (bicyclic) bond motifs is 1. The molecule has 5 heteroatoms. The Morgan fingerprint density at radius 3 is 2.45 bits per heavy atom. The second kappa shape index (κ2) is 8.22. The first-order chi connectivity index (χ1) is 15.2. The average molecular weight is 416 g/mol. The Labute approximate surface area is 183 Å². The van der Waals surface area contributed by atoms with Crippen LogP contribution in [0.4, 0.5) is 0 Å². The smallest absolute Gasteiger partial charge is 0.273 e. The predicted molar refractivity (Wildman–Crippen MR) is 121 cm³/mol. The number of hydrogen-bond acceptors (Lipinski definition) is 3. The van der Waals surface area contributed by atoms with E-state index in [4.69, 9.17) is 4.74 Å². The fourth-order valence-corrected chi connectivity index (χ4v) is 4.95. The number of hydrogen-bond donors (Lipinski definition) is 1. The van der Waals surface area contributed by atoms with Crippen molar-refractivity contribution < 1.29 is 9.53 Å². The Morgan fingerprint density at radius 2 is 1.77 bits per heavy atom. The number of amides is 1. The molecule has 2 aromatic carbocycles. The molecule has 0 bridgehead atoms. The number of benzene rings is 2. The Balaban J connectivity index is 1.59. The quantitative estimate of drug-likeness (QED) is 0.565. The molecule has 3 aromatic rings. The SMILES string of the molecule is CCCOc1ccc(C2c3c(-c4ccc(C)cc4)n[nH]c3C(=O)N2C2CCCC2)cc1. The highest BCUT2D eigenvalue weighted by molar-refractivity contribution is 6.00. The summed E-state index contributed by atoms with van der Waals surface area (Å²) in [5.74, 6) is 0.942. The Bertz CT molecular complexity index is 1060. The first kappa shape index (κ1) is 19.9. The van der Waals surface area contributed by atoms with Gasteiger partial charge >= 0.3 is 0 Å². The third-order valence-corrected chi connectivity index (χ3v) is 6.52. The fraction of sp³-hybridized carbons (Fsp3) is 0.385. The molecule has 1 N–H and O–H groups in total. The van der Waals surface area contributed by atoms with Crippen LogP contribution in [0.15, 0.2) is 48.5 Å². The number of H-pyrrole nitrogens is 1. The molecular weight excluding hydrogens is 386 g/mol. The van der Waals surface area contributed by atoms with E-state index < -0.39 is 0 Å². The molecule has 1 fully saturated rings. The van der Waals surface area contributed by atoms with E-state index in [1.165, 1.54) is 18.4 Å². The number of aryl methyl sites for hydroxylation is 1. The van der Waals surface area contributed by atoms with Gasteiger partial charge in [-0.1, -0.05) is 61.7 Å². The molecule has 5 nitrogen and oxygen atoms in total. The van der Waals surface area contributed by atoms with E-state index in [2.05, 4.69) is 65.3 Å². The lowest BCUT2D eigenvalue weighted by atomic mass is 9.95. The minimum absolute atomic E-state index is 0.0732. The molecule has 1 aliphatic heterocycles. The molecule has 160 valence electrons. The summed E-state index contributed by atoms with van der Waals surface area (Å²) in [5.41, 5.74) is 5.87. The van der Waals surface area contributed by atoms with Gasteiger partial charge in [-0.25, -0.2) is 0 Å². The van der Waals surface area contributed by atoms with Crippen molar-refractivity contribution in [1.29, 1.82) is 0 Å². The lowest BCUT2D eigenvalue weighted by Crippen LogP contribution is -2.37. The summed E-state index contributed by atoms with van der Waals surface area (Å²) in [7, 11) is 0. The van der Waals surface area contributed by atoms with Gasteiger partial charge in [-0.3, -0.25) is 9.89 Å². The lowest BCUT2D eigenvalue weighted by molar-refractivity contribution is 0.0660. The maximum Gasteiger partial charge on any atom is 0.273 e. The topological polar surface area (TPSA) is 58.2 Å². The molecule has 5 rings (SSSR count). The van der Waals surface area contributed by atoms with E-state index in [0.29, 0.717) is 12.3 Å². The molecule has 2 aliphatic rings. The van der Waals surface area contributed by atoms with Gasteiger partial charge in [-0.2, -0.15) is 5.10 Å². The van der Waals surface area contributed by atoms with Gasteiger partial charge in [0.15, 0.2) is 0 Å². The molecule has 0 radical (unpaired) electrons. The van der Waals surface area contributed by atoms with Gasteiger partial charge in [0.25, 0.3) is 5.91 Å². The molecule has 1 saturated carbocycles. The molecule has 1 aromatic heterocycles. The minimum Gasteiger partial charge on any atom is -0.494 e. The molecule has 0 saturated heterocycles. The van der Waals surface area contributed by atoms with E-state index in [-0.39, 0.29) is 18.0 Å². The summed E-state index contributed by atoms with van der Waals surface area (Å²) < 4.78 is 5.78. The van der Waals surface area contributed by atoms with Crippen molar-refractivity contribution in [2.24, 2.45) is 0 Å². The van der Waals surface area contributed by atoms with Crippen molar-refractivity contribution in [2.45, 2.75) is 58.0 Å². The van der Waals surface area contributed by atoms with Crippen LogP contribution in [0.1, 0.15) is 72.2 Å². The highest BCUT2D eigenvalue weighted by atomic mass is 16.5. The second-order valence-electron chi connectivity index (χ2n) is 8.70. The Hall–Kier alpha value is -3.08. The van der Waals surface area contributed by atoms with Crippen LogP contribution in [0.5, 0.6) is 5.75 Å². The molecule has 1 aliphatic carbocycles. The first-order valence-corrected chi connectivity index (χ1v) is 11.4. The average Bonchev–Trinajstić information content (AvgIpc) is 3.51. The molecule has 1 unspecified atom stereocenters. The summed E-state index contributed by atoms with van der Waals surface area (Å²) in [5, 5.41) is 7.66. The fourth-order valence-electron chi connectivity index (χ4n) is 4.95. The Kier molecular flexibility index (Phi) is 5.26. The minimum atomic E-state index is -0.124. The largest absolute Gasteiger partial charge is 0.494 e. The highest BCUT2D eigenvalue weighted by Crippen LogP contribution is 2.46. The van der Waals surface area contributed by atoms with Crippen LogP contribution < -0.4 is 4.74 Å². The summed E-state index contributed by atoms with van der Waals surface area (Å²) >= 11 is 0. The third kappa shape index (κ3) is 3.52.